The van der Waals surface area contributed by atoms with Gasteiger partial charge in [0.05, 0.1) is 25.8 Å². The summed E-state index contributed by atoms with van der Waals surface area (Å²) >= 11 is 6.00. The second kappa shape index (κ2) is 12.9. The van der Waals surface area contributed by atoms with E-state index in [0.717, 1.165) is 43.8 Å². The minimum Gasteiger partial charge on any atom is -0.493 e. The molecule has 7 nitrogen and oxygen atoms in total. The van der Waals surface area contributed by atoms with Crippen molar-refractivity contribution >= 4 is 23.5 Å². The zero-order valence-corrected chi connectivity index (χ0v) is 24.2. The fourth-order valence-corrected chi connectivity index (χ4v) is 6.03. The van der Waals surface area contributed by atoms with E-state index in [4.69, 9.17) is 21.1 Å². The first-order valence-corrected chi connectivity index (χ1v) is 14.5. The fourth-order valence-electron chi connectivity index (χ4n) is 5.78. The van der Waals surface area contributed by atoms with Gasteiger partial charge in [-0.15, -0.1) is 13.2 Å². The number of nitrogens with zero attached hydrogens (tertiary/aromatic N) is 2. The van der Waals surface area contributed by atoms with Crippen LogP contribution in [0.2, 0.25) is 5.02 Å². The quantitative estimate of drug-likeness (QED) is 0.240. The molecule has 0 unspecified atom stereocenters. The van der Waals surface area contributed by atoms with Crippen molar-refractivity contribution in [3.05, 3.63) is 57.9 Å². The molecule has 5 rings (SSSR count). The van der Waals surface area contributed by atoms with E-state index < -0.39 is 36.3 Å². The summed E-state index contributed by atoms with van der Waals surface area (Å²) in [5, 5.41) is 0.154. The van der Waals surface area contributed by atoms with Gasteiger partial charge in [-0.1, -0.05) is 11.6 Å². The van der Waals surface area contributed by atoms with Crippen LogP contribution in [0.3, 0.4) is 0 Å². The van der Waals surface area contributed by atoms with Crippen LogP contribution in [0.15, 0.2) is 30.3 Å². The van der Waals surface area contributed by atoms with Crippen LogP contribution < -0.4 is 9.47 Å². The number of amides is 1. The molecule has 2 aromatic carbocycles. The number of methoxy groups -OCH3 is 1. The molecule has 1 aliphatic carbocycles. The van der Waals surface area contributed by atoms with E-state index in [0.29, 0.717) is 43.1 Å². The molecule has 3 aliphatic rings. The highest BCUT2D eigenvalue weighted by atomic mass is 35.5. The number of benzene rings is 2. The molecule has 2 saturated heterocycles. The second-order valence-corrected chi connectivity index (χ2v) is 11.8. The minimum absolute atomic E-state index is 0.122. The summed E-state index contributed by atoms with van der Waals surface area (Å²) in [6.45, 7) is 1.79. The maximum absolute atomic E-state index is 15.3. The molecule has 234 valence electrons. The minimum atomic E-state index is -4.81. The van der Waals surface area contributed by atoms with Gasteiger partial charge in [0.1, 0.15) is 29.5 Å². The van der Waals surface area contributed by atoms with Crippen LogP contribution in [0.1, 0.15) is 59.5 Å². The molecular weight excluding hydrogens is 599 g/mol. The summed E-state index contributed by atoms with van der Waals surface area (Å²) in [5.41, 5.74) is 1.09. The first kappa shape index (κ1) is 31.3. The Hall–Kier alpha value is -3.12. The van der Waals surface area contributed by atoms with Crippen LogP contribution in [0.25, 0.3) is 0 Å². The van der Waals surface area contributed by atoms with Crippen LogP contribution in [-0.4, -0.2) is 73.6 Å². The highest BCUT2D eigenvalue weighted by Crippen LogP contribution is 2.45. The molecule has 13 heteroatoms. The highest BCUT2D eigenvalue weighted by molar-refractivity contribution is 6.30. The standard InChI is InChI=1S/C30H32ClF5N2O5/c1-41-29(40)26-11-21(32)15-38(26)28(39)24-12-23(19-2-3-19)27(13-25(24)33)42-16-17-4-6-37(7-5-17)14-18-8-20(31)10-22(9-18)43-30(34,35)36/h8-10,12-13,17,19,21,26H,2-7,11,14-16H2,1H3/t21-,26+/m1/s1. The molecule has 1 saturated carbocycles. The van der Waals surface area contributed by atoms with Gasteiger partial charge in [-0.05, 0) is 86.0 Å². The Kier molecular flexibility index (Phi) is 9.36. The number of hydrogen-bond acceptors (Lipinski definition) is 6. The number of ether oxygens (including phenoxy) is 3. The molecule has 43 heavy (non-hydrogen) atoms. The topological polar surface area (TPSA) is 68.3 Å². The van der Waals surface area contributed by atoms with Crippen molar-refractivity contribution in [3.63, 3.8) is 0 Å². The van der Waals surface area contributed by atoms with Gasteiger partial charge < -0.3 is 19.1 Å². The van der Waals surface area contributed by atoms with Crippen molar-refractivity contribution in [2.24, 2.45) is 5.92 Å². The lowest BCUT2D eigenvalue weighted by molar-refractivity contribution is -0.274. The lowest BCUT2D eigenvalue weighted by atomic mass is 9.97. The third-order valence-corrected chi connectivity index (χ3v) is 8.30. The smallest absolute Gasteiger partial charge is 0.493 e. The zero-order valence-electron chi connectivity index (χ0n) is 23.5. The summed E-state index contributed by atoms with van der Waals surface area (Å²) in [4.78, 5) is 28.5. The van der Waals surface area contributed by atoms with E-state index in [9.17, 15) is 27.2 Å². The number of rotatable bonds is 9. The SMILES string of the molecule is COC(=O)[C@@H]1C[C@@H](F)CN1C(=O)c1cc(C2CC2)c(OCC2CCN(Cc3cc(Cl)cc(OC(F)(F)F)c3)CC2)cc1F. The normalized spacial score (nSPS) is 21.6. The third kappa shape index (κ3) is 7.89. The number of likely N-dealkylation sites (tertiary alicyclic amines) is 2. The Morgan fingerprint density at radius 3 is 2.42 bits per heavy atom. The summed E-state index contributed by atoms with van der Waals surface area (Å²) in [5.74, 6) is -2.01. The van der Waals surface area contributed by atoms with Crippen LogP contribution >= 0.6 is 11.6 Å². The van der Waals surface area contributed by atoms with E-state index in [1.165, 1.54) is 18.2 Å². The lowest BCUT2D eigenvalue weighted by Crippen LogP contribution is -2.41. The summed E-state index contributed by atoms with van der Waals surface area (Å²) in [6, 6.07) is 5.62. The van der Waals surface area contributed by atoms with Crippen LogP contribution in [0.5, 0.6) is 11.5 Å². The molecular formula is C30H32ClF5N2O5. The zero-order chi connectivity index (χ0) is 30.9. The predicted octanol–water partition coefficient (Wildman–Crippen LogP) is 6.27. The van der Waals surface area contributed by atoms with E-state index in [1.807, 2.05) is 0 Å². The second-order valence-electron chi connectivity index (χ2n) is 11.3. The van der Waals surface area contributed by atoms with Gasteiger partial charge in [0.25, 0.3) is 5.91 Å². The molecule has 0 radical (unpaired) electrons. The van der Waals surface area contributed by atoms with Crippen molar-refractivity contribution in [2.75, 3.05) is 33.4 Å². The Labute approximate surface area is 250 Å². The summed E-state index contributed by atoms with van der Waals surface area (Å²) in [6.07, 6.45) is -3.14. The van der Waals surface area contributed by atoms with E-state index in [2.05, 4.69) is 9.64 Å². The van der Waals surface area contributed by atoms with Gasteiger partial charge >= 0.3 is 12.3 Å². The number of alkyl halides is 4. The average molecular weight is 631 g/mol. The molecule has 2 aliphatic heterocycles. The number of esters is 1. The summed E-state index contributed by atoms with van der Waals surface area (Å²) < 4.78 is 82.1. The Morgan fingerprint density at radius 1 is 1.05 bits per heavy atom. The van der Waals surface area contributed by atoms with Crippen LogP contribution in [0, 0.1) is 11.7 Å². The van der Waals surface area contributed by atoms with Gasteiger partial charge in [-0.3, -0.25) is 9.69 Å². The van der Waals surface area contributed by atoms with Crippen LogP contribution in [0.4, 0.5) is 22.0 Å². The first-order valence-electron chi connectivity index (χ1n) is 14.2. The maximum Gasteiger partial charge on any atom is 0.573 e. The molecule has 0 N–H and O–H groups in total. The van der Waals surface area contributed by atoms with Crippen molar-refractivity contribution in [1.29, 1.82) is 0 Å². The van der Waals surface area contributed by atoms with E-state index in [-0.39, 0.29) is 41.1 Å². The predicted molar refractivity (Wildman–Crippen MR) is 146 cm³/mol. The number of hydrogen-bond donors (Lipinski definition) is 0. The van der Waals surface area contributed by atoms with Crippen molar-refractivity contribution in [1.82, 2.24) is 9.80 Å². The number of piperidine rings is 1. The number of carbonyl (C=O) groups is 2. The average Bonchev–Trinajstić information content (AvgIpc) is 3.71. The molecule has 1 amide bonds. The molecule has 3 fully saturated rings. The number of halogens is 6. The molecule has 0 aromatic heterocycles. The molecule has 2 aromatic rings. The van der Waals surface area contributed by atoms with Gasteiger partial charge in [0, 0.05) is 24.1 Å². The van der Waals surface area contributed by atoms with Crippen molar-refractivity contribution in [2.45, 2.75) is 63.1 Å². The fraction of sp³-hybridized carbons (Fsp3) is 0.533. The first-order chi connectivity index (χ1) is 20.4. The molecule has 0 spiro atoms. The Bertz CT molecular complexity index is 1350. The van der Waals surface area contributed by atoms with E-state index in [1.54, 1.807) is 6.07 Å². The van der Waals surface area contributed by atoms with Gasteiger partial charge in [0.2, 0.25) is 0 Å². The van der Waals surface area contributed by atoms with Crippen molar-refractivity contribution < 1.29 is 45.8 Å². The van der Waals surface area contributed by atoms with Crippen molar-refractivity contribution in [3.8, 4) is 11.5 Å². The number of carbonyl (C=O) groups excluding carboxylic acids is 2. The molecule has 2 atom stereocenters. The Balaban J connectivity index is 1.19. The lowest BCUT2D eigenvalue weighted by Gasteiger charge is -2.32. The monoisotopic (exact) mass is 630 g/mol. The van der Waals surface area contributed by atoms with Gasteiger partial charge in [0.15, 0.2) is 0 Å². The Morgan fingerprint density at radius 2 is 1.77 bits per heavy atom. The molecule has 0 bridgehead atoms. The highest BCUT2D eigenvalue weighted by Gasteiger charge is 2.42. The van der Waals surface area contributed by atoms with Gasteiger partial charge in [-0.25, -0.2) is 13.6 Å². The maximum atomic E-state index is 15.3. The van der Waals surface area contributed by atoms with Gasteiger partial charge in [-0.2, -0.15) is 0 Å². The van der Waals surface area contributed by atoms with Crippen LogP contribution in [-0.2, 0) is 16.1 Å². The largest absolute Gasteiger partial charge is 0.573 e. The third-order valence-electron chi connectivity index (χ3n) is 8.08. The van der Waals surface area contributed by atoms with E-state index >= 15 is 4.39 Å². The summed E-state index contributed by atoms with van der Waals surface area (Å²) in [7, 11) is 1.16. The molecule has 2 heterocycles.